The molecule has 0 unspecified atom stereocenters. The van der Waals surface area contributed by atoms with Gasteiger partial charge in [-0.3, -0.25) is 0 Å². The predicted octanol–water partition coefficient (Wildman–Crippen LogP) is 2.72. The van der Waals surface area contributed by atoms with Crippen LogP contribution in [0.4, 0.5) is 0 Å². The maximum absolute atomic E-state index is 6.12. The van der Waals surface area contributed by atoms with Crippen LogP contribution < -0.4 is 0 Å². The summed E-state index contributed by atoms with van der Waals surface area (Å²) >= 11 is 7.69. The molecule has 0 radical (unpaired) electrons. The van der Waals surface area contributed by atoms with Crippen LogP contribution in [0.15, 0.2) is 11.2 Å². The van der Waals surface area contributed by atoms with Crippen molar-refractivity contribution in [1.82, 2.24) is 14.6 Å². The molecule has 0 aliphatic carbocycles. The highest BCUT2D eigenvalue weighted by Gasteiger charge is 2.10. The Balaban J connectivity index is 2.87. The van der Waals surface area contributed by atoms with Crippen molar-refractivity contribution in [3.05, 3.63) is 22.5 Å². The fourth-order valence-corrected chi connectivity index (χ4v) is 2.08. The summed E-state index contributed by atoms with van der Waals surface area (Å²) in [5, 5.41) is 5.91. The lowest BCUT2D eigenvalue weighted by molar-refractivity contribution is 0.775. The van der Waals surface area contributed by atoms with E-state index in [-0.39, 0.29) is 0 Å². The SMILES string of the molecule is CSc1nc(C)cc2c(Cl)c(C)nn12. The quantitative estimate of drug-likeness (QED) is 0.554. The van der Waals surface area contributed by atoms with Crippen molar-refractivity contribution in [2.24, 2.45) is 0 Å². The molecule has 0 bridgehead atoms. The summed E-state index contributed by atoms with van der Waals surface area (Å²) in [7, 11) is 0. The first-order chi connectivity index (χ1) is 6.63. The molecule has 0 aliphatic heterocycles. The third kappa shape index (κ3) is 1.38. The van der Waals surface area contributed by atoms with Gasteiger partial charge in [0.05, 0.1) is 16.2 Å². The summed E-state index contributed by atoms with van der Waals surface area (Å²) in [4.78, 5) is 4.38. The molecule has 0 aromatic carbocycles. The van der Waals surface area contributed by atoms with Crippen LogP contribution in [0.25, 0.3) is 5.52 Å². The van der Waals surface area contributed by atoms with Crippen molar-refractivity contribution >= 4 is 28.9 Å². The van der Waals surface area contributed by atoms with E-state index in [0.29, 0.717) is 5.02 Å². The molecule has 2 aromatic rings. The molecule has 0 saturated carbocycles. The molecule has 3 nitrogen and oxygen atoms in total. The van der Waals surface area contributed by atoms with Gasteiger partial charge in [0.15, 0.2) is 5.16 Å². The fourth-order valence-electron chi connectivity index (χ4n) is 1.36. The minimum Gasteiger partial charge on any atom is -0.228 e. The molecule has 5 heteroatoms. The molecule has 0 amide bonds. The maximum Gasteiger partial charge on any atom is 0.189 e. The number of aryl methyl sites for hydroxylation is 2. The van der Waals surface area contributed by atoms with Crippen molar-refractivity contribution in [2.45, 2.75) is 19.0 Å². The highest BCUT2D eigenvalue weighted by Crippen LogP contribution is 2.24. The Morgan fingerprint density at radius 1 is 1.43 bits per heavy atom. The summed E-state index contributed by atoms with van der Waals surface area (Å²) < 4.78 is 1.79. The van der Waals surface area contributed by atoms with Gasteiger partial charge in [-0.25, -0.2) is 9.50 Å². The highest BCUT2D eigenvalue weighted by atomic mass is 35.5. The van der Waals surface area contributed by atoms with Crippen molar-refractivity contribution in [3.8, 4) is 0 Å². The van der Waals surface area contributed by atoms with Gasteiger partial charge in [0.2, 0.25) is 0 Å². The molecule has 2 rings (SSSR count). The average Bonchev–Trinajstić information content (AvgIpc) is 2.43. The van der Waals surface area contributed by atoms with E-state index in [1.54, 1.807) is 16.3 Å². The normalized spacial score (nSPS) is 11.1. The Morgan fingerprint density at radius 2 is 2.14 bits per heavy atom. The van der Waals surface area contributed by atoms with Gasteiger partial charge in [-0.15, -0.1) is 0 Å². The molecule has 2 aromatic heterocycles. The maximum atomic E-state index is 6.12. The lowest BCUT2D eigenvalue weighted by Crippen LogP contribution is -1.97. The zero-order chi connectivity index (χ0) is 10.3. The first kappa shape index (κ1) is 9.80. The summed E-state index contributed by atoms with van der Waals surface area (Å²) in [5.41, 5.74) is 2.74. The first-order valence-corrected chi connectivity index (χ1v) is 5.80. The minimum absolute atomic E-state index is 0.714. The van der Waals surface area contributed by atoms with Crippen LogP contribution >= 0.6 is 23.4 Å². The predicted molar refractivity (Wildman–Crippen MR) is 59.3 cm³/mol. The third-order valence-electron chi connectivity index (χ3n) is 2.00. The number of nitrogens with zero attached hydrogens (tertiary/aromatic N) is 3. The molecular formula is C9H10ClN3S. The molecule has 14 heavy (non-hydrogen) atoms. The molecule has 2 heterocycles. The number of fused-ring (bicyclic) bond motifs is 1. The number of hydrogen-bond acceptors (Lipinski definition) is 3. The summed E-state index contributed by atoms with van der Waals surface area (Å²) in [5.74, 6) is 0. The number of rotatable bonds is 1. The zero-order valence-corrected chi connectivity index (χ0v) is 9.78. The van der Waals surface area contributed by atoms with Gasteiger partial charge in [-0.1, -0.05) is 23.4 Å². The Morgan fingerprint density at radius 3 is 2.79 bits per heavy atom. The smallest absolute Gasteiger partial charge is 0.189 e. The molecular weight excluding hydrogens is 218 g/mol. The minimum atomic E-state index is 0.714. The second-order valence-corrected chi connectivity index (χ2v) is 4.23. The van der Waals surface area contributed by atoms with Crippen LogP contribution in [-0.4, -0.2) is 20.9 Å². The molecule has 0 atom stereocenters. The van der Waals surface area contributed by atoms with Crippen molar-refractivity contribution < 1.29 is 0 Å². The standard InChI is InChI=1S/C9H10ClN3S/c1-5-4-7-8(10)6(2)12-13(7)9(11-5)14-3/h4H,1-3H3. The fraction of sp³-hybridized carbons (Fsp3) is 0.333. The molecule has 0 spiro atoms. The lowest BCUT2D eigenvalue weighted by Gasteiger charge is -2.01. The van der Waals surface area contributed by atoms with Gasteiger partial charge in [0.1, 0.15) is 0 Å². The van der Waals surface area contributed by atoms with Gasteiger partial charge >= 0.3 is 0 Å². The number of aromatic nitrogens is 3. The number of thioether (sulfide) groups is 1. The molecule has 0 saturated heterocycles. The Labute approximate surface area is 91.5 Å². The Kier molecular flexibility index (Phi) is 2.41. The molecule has 0 fully saturated rings. The lowest BCUT2D eigenvalue weighted by atomic mass is 10.3. The van der Waals surface area contributed by atoms with Gasteiger partial charge in [-0.2, -0.15) is 5.10 Å². The van der Waals surface area contributed by atoms with E-state index < -0.39 is 0 Å². The van der Waals surface area contributed by atoms with E-state index in [9.17, 15) is 0 Å². The van der Waals surface area contributed by atoms with Gasteiger partial charge in [0, 0.05) is 5.69 Å². The van der Waals surface area contributed by atoms with Crippen LogP contribution in [0.3, 0.4) is 0 Å². The summed E-state index contributed by atoms with van der Waals surface area (Å²) in [6.07, 6.45) is 1.98. The Hall–Kier alpha value is -0.740. The number of halogens is 1. The number of hydrogen-bond donors (Lipinski definition) is 0. The van der Waals surface area contributed by atoms with Crippen LogP contribution in [0.5, 0.6) is 0 Å². The van der Waals surface area contributed by atoms with Crippen molar-refractivity contribution in [3.63, 3.8) is 0 Å². The van der Waals surface area contributed by atoms with E-state index in [2.05, 4.69) is 10.1 Å². The molecule has 0 N–H and O–H groups in total. The van der Waals surface area contributed by atoms with Crippen LogP contribution in [0.2, 0.25) is 5.02 Å². The molecule has 74 valence electrons. The summed E-state index contributed by atoms with van der Waals surface area (Å²) in [6, 6.07) is 1.95. The largest absolute Gasteiger partial charge is 0.228 e. The van der Waals surface area contributed by atoms with Crippen LogP contribution in [0, 0.1) is 13.8 Å². The highest BCUT2D eigenvalue weighted by molar-refractivity contribution is 7.98. The first-order valence-electron chi connectivity index (χ1n) is 4.20. The third-order valence-corrected chi connectivity index (χ3v) is 3.10. The van der Waals surface area contributed by atoms with E-state index in [0.717, 1.165) is 22.1 Å². The van der Waals surface area contributed by atoms with Crippen LogP contribution in [0.1, 0.15) is 11.4 Å². The Bertz CT molecular complexity index is 492. The van der Waals surface area contributed by atoms with Crippen molar-refractivity contribution in [1.29, 1.82) is 0 Å². The van der Waals surface area contributed by atoms with E-state index in [4.69, 9.17) is 11.6 Å². The van der Waals surface area contributed by atoms with Gasteiger partial charge in [-0.05, 0) is 26.2 Å². The zero-order valence-electron chi connectivity index (χ0n) is 8.21. The second kappa shape index (κ2) is 3.44. The second-order valence-electron chi connectivity index (χ2n) is 3.08. The van der Waals surface area contributed by atoms with Crippen molar-refractivity contribution in [2.75, 3.05) is 6.26 Å². The van der Waals surface area contributed by atoms with E-state index >= 15 is 0 Å². The van der Waals surface area contributed by atoms with Gasteiger partial charge < -0.3 is 0 Å². The topological polar surface area (TPSA) is 30.2 Å². The van der Waals surface area contributed by atoms with Gasteiger partial charge in [0.25, 0.3) is 0 Å². The monoisotopic (exact) mass is 227 g/mol. The molecule has 0 aliphatic rings. The average molecular weight is 228 g/mol. The summed E-state index contributed by atoms with van der Waals surface area (Å²) in [6.45, 7) is 3.85. The van der Waals surface area contributed by atoms with E-state index in [1.807, 2.05) is 26.2 Å². The van der Waals surface area contributed by atoms with E-state index in [1.165, 1.54) is 0 Å². The van der Waals surface area contributed by atoms with Crippen LogP contribution in [-0.2, 0) is 0 Å².